The first-order valence-corrected chi connectivity index (χ1v) is 7.29. The number of aromatic nitrogens is 2. The fraction of sp³-hybridized carbons (Fsp3) is 0.467. The quantitative estimate of drug-likeness (QED) is 0.934. The maximum Gasteiger partial charge on any atom is 0.0772 e. The molecule has 0 aliphatic heterocycles. The SMILES string of the molecule is Cc1nnsc1C(N)Cc1ccc(C(C)(C)C)cc1. The normalized spacial score (nSPS) is 13.5. The molecule has 1 unspecified atom stereocenters. The molecule has 0 aliphatic carbocycles. The van der Waals surface area contributed by atoms with Gasteiger partial charge in [-0.25, -0.2) is 0 Å². The Balaban J connectivity index is 2.10. The molecule has 0 saturated carbocycles. The standard InChI is InChI=1S/C15H21N3S/c1-10-14(19-18-17-10)13(16)9-11-5-7-12(8-6-11)15(2,3)4/h5-8,13H,9,16H2,1-4H3. The van der Waals surface area contributed by atoms with Crippen molar-refractivity contribution in [2.24, 2.45) is 5.73 Å². The molecule has 0 radical (unpaired) electrons. The summed E-state index contributed by atoms with van der Waals surface area (Å²) in [5.41, 5.74) is 9.97. The predicted octanol–water partition coefficient (Wildman–Crippen LogP) is 3.39. The lowest BCUT2D eigenvalue weighted by atomic mass is 9.86. The van der Waals surface area contributed by atoms with E-state index in [1.165, 1.54) is 22.7 Å². The lowest BCUT2D eigenvalue weighted by Crippen LogP contribution is -2.14. The average molecular weight is 275 g/mol. The van der Waals surface area contributed by atoms with Crippen LogP contribution in [-0.4, -0.2) is 9.59 Å². The lowest BCUT2D eigenvalue weighted by Gasteiger charge is -2.19. The maximum absolute atomic E-state index is 6.23. The molecule has 4 heteroatoms. The van der Waals surface area contributed by atoms with Gasteiger partial charge in [-0.2, -0.15) is 0 Å². The molecule has 0 bridgehead atoms. The van der Waals surface area contributed by atoms with Crippen molar-refractivity contribution < 1.29 is 0 Å². The summed E-state index contributed by atoms with van der Waals surface area (Å²) in [7, 11) is 0. The monoisotopic (exact) mass is 275 g/mol. The van der Waals surface area contributed by atoms with Crippen molar-refractivity contribution in [2.75, 3.05) is 0 Å². The molecule has 1 aromatic heterocycles. The van der Waals surface area contributed by atoms with Gasteiger partial charge in [0.15, 0.2) is 0 Å². The highest BCUT2D eigenvalue weighted by molar-refractivity contribution is 7.05. The van der Waals surface area contributed by atoms with Crippen LogP contribution in [0.25, 0.3) is 0 Å². The number of aryl methyl sites for hydroxylation is 1. The van der Waals surface area contributed by atoms with E-state index in [9.17, 15) is 0 Å². The fourth-order valence-corrected chi connectivity index (χ4v) is 2.71. The van der Waals surface area contributed by atoms with Crippen LogP contribution < -0.4 is 5.73 Å². The summed E-state index contributed by atoms with van der Waals surface area (Å²) in [6.07, 6.45) is 0.829. The van der Waals surface area contributed by atoms with Crippen molar-refractivity contribution in [1.82, 2.24) is 9.59 Å². The molecule has 1 heterocycles. The molecule has 2 rings (SSSR count). The summed E-state index contributed by atoms with van der Waals surface area (Å²) in [6.45, 7) is 8.63. The Kier molecular flexibility index (Phi) is 4.02. The molecule has 0 spiro atoms. The number of rotatable bonds is 3. The topological polar surface area (TPSA) is 51.8 Å². The molecule has 1 atom stereocenters. The van der Waals surface area contributed by atoms with Crippen molar-refractivity contribution in [3.63, 3.8) is 0 Å². The highest BCUT2D eigenvalue weighted by atomic mass is 32.1. The van der Waals surface area contributed by atoms with Crippen molar-refractivity contribution in [3.05, 3.63) is 46.0 Å². The second-order valence-electron chi connectivity index (χ2n) is 5.98. The van der Waals surface area contributed by atoms with Crippen LogP contribution in [-0.2, 0) is 11.8 Å². The first-order valence-electron chi connectivity index (χ1n) is 6.52. The molecule has 1 aromatic carbocycles. The Hall–Kier alpha value is -1.26. The molecule has 2 N–H and O–H groups in total. The Bertz CT molecular complexity index is 537. The van der Waals surface area contributed by atoms with Crippen LogP contribution in [0.1, 0.15) is 48.5 Å². The zero-order chi connectivity index (χ0) is 14.0. The summed E-state index contributed by atoms with van der Waals surface area (Å²) < 4.78 is 3.94. The van der Waals surface area contributed by atoms with Crippen molar-refractivity contribution in [1.29, 1.82) is 0 Å². The first kappa shape index (κ1) is 14.2. The third-order valence-corrected chi connectivity index (χ3v) is 4.26. The van der Waals surface area contributed by atoms with Gasteiger partial charge in [0, 0.05) is 6.04 Å². The van der Waals surface area contributed by atoms with E-state index in [0.717, 1.165) is 17.0 Å². The van der Waals surface area contributed by atoms with E-state index >= 15 is 0 Å². The van der Waals surface area contributed by atoms with Gasteiger partial charge in [0.1, 0.15) is 0 Å². The summed E-state index contributed by atoms with van der Waals surface area (Å²) in [6, 6.07) is 8.72. The zero-order valence-electron chi connectivity index (χ0n) is 12.0. The van der Waals surface area contributed by atoms with E-state index < -0.39 is 0 Å². The van der Waals surface area contributed by atoms with Gasteiger partial charge >= 0.3 is 0 Å². The van der Waals surface area contributed by atoms with E-state index in [1.807, 2.05) is 6.92 Å². The van der Waals surface area contributed by atoms with Gasteiger partial charge in [-0.15, -0.1) is 5.10 Å². The minimum atomic E-state index is -0.0134. The van der Waals surface area contributed by atoms with Crippen LogP contribution in [0, 0.1) is 6.92 Å². The molecular formula is C15H21N3S. The van der Waals surface area contributed by atoms with Gasteiger partial charge < -0.3 is 5.73 Å². The van der Waals surface area contributed by atoms with Gasteiger partial charge in [-0.05, 0) is 41.4 Å². The molecule has 19 heavy (non-hydrogen) atoms. The third-order valence-electron chi connectivity index (χ3n) is 3.30. The molecule has 2 aromatic rings. The van der Waals surface area contributed by atoms with Crippen molar-refractivity contribution in [2.45, 2.75) is 45.6 Å². The van der Waals surface area contributed by atoms with Crippen LogP contribution in [0.3, 0.4) is 0 Å². The molecule has 102 valence electrons. The number of hydrogen-bond acceptors (Lipinski definition) is 4. The van der Waals surface area contributed by atoms with Crippen LogP contribution in [0.2, 0.25) is 0 Å². The van der Waals surface area contributed by atoms with Gasteiger partial charge in [-0.3, -0.25) is 0 Å². The minimum absolute atomic E-state index is 0.0134. The van der Waals surface area contributed by atoms with Crippen molar-refractivity contribution >= 4 is 11.5 Å². The fourth-order valence-electron chi connectivity index (χ4n) is 2.06. The summed E-state index contributed by atoms with van der Waals surface area (Å²) in [5.74, 6) is 0. The van der Waals surface area contributed by atoms with Gasteiger partial charge in [-0.1, -0.05) is 49.5 Å². The second kappa shape index (κ2) is 5.39. The van der Waals surface area contributed by atoms with Crippen LogP contribution in [0.5, 0.6) is 0 Å². The second-order valence-corrected chi connectivity index (χ2v) is 6.77. The number of nitrogens with two attached hydrogens (primary N) is 1. The third kappa shape index (κ3) is 3.39. The highest BCUT2D eigenvalue weighted by Gasteiger charge is 2.15. The zero-order valence-corrected chi connectivity index (χ0v) is 12.8. The van der Waals surface area contributed by atoms with E-state index in [-0.39, 0.29) is 11.5 Å². The minimum Gasteiger partial charge on any atom is -0.323 e. The molecule has 0 amide bonds. The van der Waals surface area contributed by atoms with E-state index in [4.69, 9.17) is 5.73 Å². The first-order chi connectivity index (χ1) is 8.88. The van der Waals surface area contributed by atoms with E-state index in [2.05, 4.69) is 54.6 Å². The summed E-state index contributed by atoms with van der Waals surface area (Å²) >= 11 is 1.40. The molecule has 0 saturated heterocycles. The van der Waals surface area contributed by atoms with Crippen LogP contribution >= 0.6 is 11.5 Å². The summed E-state index contributed by atoms with van der Waals surface area (Å²) in [5, 5.41) is 4.01. The highest BCUT2D eigenvalue weighted by Crippen LogP contribution is 2.25. The molecular weight excluding hydrogens is 254 g/mol. The Labute approximate surface area is 119 Å². The average Bonchev–Trinajstić information content (AvgIpc) is 2.75. The Morgan fingerprint density at radius 1 is 1.21 bits per heavy atom. The van der Waals surface area contributed by atoms with Crippen molar-refractivity contribution in [3.8, 4) is 0 Å². The molecule has 0 fully saturated rings. The smallest absolute Gasteiger partial charge is 0.0772 e. The lowest BCUT2D eigenvalue weighted by molar-refractivity contribution is 0.589. The van der Waals surface area contributed by atoms with E-state index in [0.29, 0.717) is 0 Å². The largest absolute Gasteiger partial charge is 0.323 e. The number of benzene rings is 1. The molecule has 3 nitrogen and oxygen atoms in total. The van der Waals surface area contributed by atoms with Gasteiger partial charge in [0.25, 0.3) is 0 Å². The van der Waals surface area contributed by atoms with Crippen LogP contribution in [0.15, 0.2) is 24.3 Å². The Morgan fingerprint density at radius 3 is 2.32 bits per heavy atom. The predicted molar refractivity (Wildman–Crippen MR) is 80.4 cm³/mol. The maximum atomic E-state index is 6.23. The molecule has 0 aliphatic rings. The summed E-state index contributed by atoms with van der Waals surface area (Å²) in [4.78, 5) is 1.08. The number of hydrogen-bond donors (Lipinski definition) is 1. The van der Waals surface area contributed by atoms with E-state index in [1.54, 1.807) is 0 Å². The van der Waals surface area contributed by atoms with Crippen LogP contribution in [0.4, 0.5) is 0 Å². The number of nitrogens with zero attached hydrogens (tertiary/aromatic N) is 2. The van der Waals surface area contributed by atoms with Gasteiger partial charge in [0.2, 0.25) is 0 Å². The van der Waals surface area contributed by atoms with Gasteiger partial charge in [0.05, 0.1) is 10.6 Å². The Morgan fingerprint density at radius 2 is 1.84 bits per heavy atom.